The molecule has 0 radical (unpaired) electrons. The van der Waals surface area contributed by atoms with E-state index in [0.29, 0.717) is 0 Å². The first-order valence-corrected chi connectivity index (χ1v) is 5.07. The minimum Gasteiger partial charge on any atom is -0.390 e. The summed E-state index contributed by atoms with van der Waals surface area (Å²) in [6.45, 7) is 4.17. The third kappa shape index (κ3) is 1.81. The Morgan fingerprint density at radius 1 is 1.13 bits per heavy atom. The minimum absolute atomic E-state index is 0.0526. The number of hydrogen-bond acceptors (Lipinski definition) is 1. The van der Waals surface area contributed by atoms with Crippen molar-refractivity contribution in [3.8, 4) is 11.1 Å². The van der Waals surface area contributed by atoms with Crippen molar-refractivity contribution >= 4 is 0 Å². The third-order valence-corrected chi connectivity index (χ3v) is 2.66. The zero-order chi connectivity index (χ0) is 10.8. The first-order chi connectivity index (χ1) is 7.22. The highest BCUT2D eigenvalue weighted by Crippen LogP contribution is 2.27. The van der Waals surface area contributed by atoms with E-state index < -0.39 is 0 Å². The maximum atomic E-state index is 9.22. The van der Waals surface area contributed by atoms with Gasteiger partial charge >= 0.3 is 0 Å². The molecular formula is C13H15NO. The van der Waals surface area contributed by atoms with Crippen LogP contribution in [0.1, 0.15) is 16.8 Å². The number of aliphatic hydroxyl groups excluding tert-OH is 1. The van der Waals surface area contributed by atoms with Gasteiger partial charge in [0.15, 0.2) is 0 Å². The fraction of sp³-hybridized carbons (Fsp3) is 0.231. The molecule has 15 heavy (non-hydrogen) atoms. The van der Waals surface area contributed by atoms with Gasteiger partial charge in [0.25, 0.3) is 0 Å². The summed E-state index contributed by atoms with van der Waals surface area (Å²) in [5.41, 5.74) is 5.58. The average molecular weight is 201 g/mol. The molecule has 2 nitrogen and oxygen atoms in total. The third-order valence-electron chi connectivity index (χ3n) is 2.66. The predicted molar refractivity (Wildman–Crippen MR) is 61.6 cm³/mol. The van der Waals surface area contributed by atoms with Gasteiger partial charge in [-0.2, -0.15) is 0 Å². The number of aromatic amines is 1. The number of aromatic nitrogens is 1. The number of benzene rings is 1. The van der Waals surface area contributed by atoms with Crippen molar-refractivity contribution in [2.45, 2.75) is 20.5 Å². The fourth-order valence-corrected chi connectivity index (χ4v) is 1.82. The van der Waals surface area contributed by atoms with Gasteiger partial charge in [-0.15, -0.1) is 0 Å². The van der Waals surface area contributed by atoms with E-state index in [-0.39, 0.29) is 6.61 Å². The van der Waals surface area contributed by atoms with Crippen LogP contribution >= 0.6 is 0 Å². The highest BCUT2D eigenvalue weighted by molar-refractivity contribution is 5.70. The second-order valence-corrected chi connectivity index (χ2v) is 3.85. The number of hydrogen-bond donors (Lipinski definition) is 2. The second-order valence-electron chi connectivity index (χ2n) is 3.85. The fourth-order valence-electron chi connectivity index (χ4n) is 1.82. The molecule has 1 heterocycles. The number of aryl methyl sites for hydroxylation is 2. The average Bonchev–Trinajstić information content (AvgIpc) is 2.61. The molecule has 0 amide bonds. The molecule has 0 saturated heterocycles. The normalized spacial score (nSPS) is 10.6. The van der Waals surface area contributed by atoms with Crippen molar-refractivity contribution in [1.29, 1.82) is 0 Å². The standard InChI is InChI=1S/C13H15NO/c1-9-3-5-11(6-4-9)13-10(2)7-14-12(13)8-15/h3-7,14-15H,8H2,1-2H3. The zero-order valence-corrected chi connectivity index (χ0v) is 9.04. The van der Waals surface area contributed by atoms with Crippen LogP contribution in [0.25, 0.3) is 11.1 Å². The lowest BCUT2D eigenvalue weighted by Gasteiger charge is -2.04. The topological polar surface area (TPSA) is 36.0 Å². The highest BCUT2D eigenvalue weighted by atomic mass is 16.3. The Kier molecular flexibility index (Phi) is 2.60. The smallest absolute Gasteiger partial charge is 0.0837 e. The van der Waals surface area contributed by atoms with E-state index >= 15 is 0 Å². The molecule has 1 aromatic heterocycles. The van der Waals surface area contributed by atoms with Crippen LogP contribution in [-0.4, -0.2) is 10.1 Å². The second kappa shape index (κ2) is 3.91. The minimum atomic E-state index is 0.0526. The van der Waals surface area contributed by atoms with Crippen molar-refractivity contribution in [3.05, 3.63) is 47.3 Å². The van der Waals surface area contributed by atoms with Crippen molar-refractivity contribution in [2.24, 2.45) is 0 Å². The largest absolute Gasteiger partial charge is 0.390 e. The van der Waals surface area contributed by atoms with Crippen LogP contribution in [0.2, 0.25) is 0 Å². The van der Waals surface area contributed by atoms with Gasteiger partial charge < -0.3 is 10.1 Å². The summed E-state index contributed by atoms with van der Waals surface area (Å²) < 4.78 is 0. The van der Waals surface area contributed by atoms with E-state index in [1.54, 1.807) is 0 Å². The molecule has 1 aromatic carbocycles. The Balaban J connectivity index is 2.52. The first kappa shape index (κ1) is 9.99. The quantitative estimate of drug-likeness (QED) is 0.770. The maximum absolute atomic E-state index is 9.22. The molecule has 0 atom stereocenters. The van der Waals surface area contributed by atoms with Crippen LogP contribution in [-0.2, 0) is 6.61 Å². The predicted octanol–water partition coefficient (Wildman–Crippen LogP) is 2.79. The summed E-state index contributed by atoms with van der Waals surface area (Å²) in [7, 11) is 0. The number of aliphatic hydroxyl groups is 1. The molecule has 0 aliphatic heterocycles. The van der Waals surface area contributed by atoms with Crippen molar-refractivity contribution in [1.82, 2.24) is 4.98 Å². The summed E-state index contributed by atoms with van der Waals surface area (Å²) in [6.07, 6.45) is 1.93. The summed E-state index contributed by atoms with van der Waals surface area (Å²) in [5, 5.41) is 9.22. The van der Waals surface area contributed by atoms with Crippen LogP contribution < -0.4 is 0 Å². The maximum Gasteiger partial charge on any atom is 0.0837 e. The Morgan fingerprint density at radius 2 is 1.80 bits per heavy atom. The molecule has 0 spiro atoms. The van der Waals surface area contributed by atoms with Gasteiger partial charge in [0.2, 0.25) is 0 Å². The molecule has 0 unspecified atom stereocenters. The van der Waals surface area contributed by atoms with Gasteiger partial charge in [0, 0.05) is 17.5 Å². The molecule has 2 aromatic rings. The van der Waals surface area contributed by atoms with Gasteiger partial charge in [-0.25, -0.2) is 0 Å². The van der Waals surface area contributed by atoms with Crippen LogP contribution in [0, 0.1) is 13.8 Å². The lowest BCUT2D eigenvalue weighted by Crippen LogP contribution is -1.88. The first-order valence-electron chi connectivity index (χ1n) is 5.07. The Hall–Kier alpha value is -1.54. The van der Waals surface area contributed by atoms with E-state index in [4.69, 9.17) is 0 Å². The van der Waals surface area contributed by atoms with Crippen LogP contribution in [0.3, 0.4) is 0 Å². The lowest BCUT2D eigenvalue weighted by molar-refractivity contribution is 0.278. The summed E-state index contributed by atoms with van der Waals surface area (Å²) in [5.74, 6) is 0. The SMILES string of the molecule is Cc1ccc(-c2c(C)c[nH]c2CO)cc1. The molecule has 2 heteroatoms. The molecule has 0 saturated carbocycles. The van der Waals surface area contributed by atoms with Crippen molar-refractivity contribution in [3.63, 3.8) is 0 Å². The number of H-pyrrole nitrogens is 1. The number of nitrogens with one attached hydrogen (secondary N) is 1. The van der Waals surface area contributed by atoms with Crippen molar-refractivity contribution in [2.75, 3.05) is 0 Å². The molecule has 2 N–H and O–H groups in total. The van der Waals surface area contributed by atoms with E-state index in [0.717, 1.165) is 16.8 Å². The van der Waals surface area contributed by atoms with E-state index in [2.05, 4.69) is 36.2 Å². The molecule has 0 fully saturated rings. The monoisotopic (exact) mass is 201 g/mol. The summed E-state index contributed by atoms with van der Waals surface area (Å²) in [6, 6.07) is 8.35. The zero-order valence-electron chi connectivity index (χ0n) is 9.04. The molecule has 0 bridgehead atoms. The number of rotatable bonds is 2. The van der Waals surface area contributed by atoms with Crippen molar-refractivity contribution < 1.29 is 5.11 Å². The van der Waals surface area contributed by atoms with Gasteiger partial charge in [0.1, 0.15) is 0 Å². The van der Waals surface area contributed by atoms with Gasteiger partial charge in [0.05, 0.1) is 6.61 Å². The summed E-state index contributed by atoms with van der Waals surface area (Å²) in [4.78, 5) is 3.09. The molecule has 0 aliphatic carbocycles. The van der Waals surface area contributed by atoms with Crippen LogP contribution in [0.4, 0.5) is 0 Å². The highest BCUT2D eigenvalue weighted by Gasteiger charge is 2.08. The Morgan fingerprint density at radius 3 is 2.40 bits per heavy atom. The van der Waals surface area contributed by atoms with E-state index in [9.17, 15) is 5.11 Å². The van der Waals surface area contributed by atoms with Gasteiger partial charge in [-0.05, 0) is 25.0 Å². The molecule has 78 valence electrons. The summed E-state index contributed by atoms with van der Waals surface area (Å²) >= 11 is 0. The van der Waals surface area contributed by atoms with Crippen LogP contribution in [0.5, 0.6) is 0 Å². The van der Waals surface area contributed by atoms with Crippen LogP contribution in [0.15, 0.2) is 30.5 Å². The molecule has 0 aliphatic rings. The Bertz CT molecular complexity index is 454. The Labute approximate surface area is 89.6 Å². The van der Waals surface area contributed by atoms with E-state index in [1.165, 1.54) is 11.1 Å². The lowest BCUT2D eigenvalue weighted by atomic mass is 10.0. The molecule has 2 rings (SSSR count). The molecular weight excluding hydrogens is 186 g/mol. The van der Waals surface area contributed by atoms with E-state index in [1.807, 2.05) is 13.1 Å². The van der Waals surface area contributed by atoms with Gasteiger partial charge in [-0.3, -0.25) is 0 Å². The van der Waals surface area contributed by atoms with Gasteiger partial charge in [-0.1, -0.05) is 29.8 Å².